The van der Waals surface area contributed by atoms with E-state index in [4.69, 9.17) is 27.8 Å². The van der Waals surface area contributed by atoms with Crippen LogP contribution < -0.4 is 21.5 Å². The summed E-state index contributed by atoms with van der Waals surface area (Å²) in [6, 6.07) is 2.85. The van der Waals surface area contributed by atoms with Crippen molar-refractivity contribution in [2.75, 3.05) is 40.2 Å². The molecule has 1 aromatic carbocycles. The van der Waals surface area contributed by atoms with E-state index in [-0.39, 0.29) is 10.6 Å². The highest BCUT2D eigenvalue weighted by Crippen LogP contribution is 2.28. The first-order valence-electron chi connectivity index (χ1n) is 8.01. The van der Waals surface area contributed by atoms with Crippen LogP contribution in [-0.2, 0) is 4.74 Å². The molecule has 24 heavy (non-hydrogen) atoms. The molecule has 1 saturated heterocycles. The number of nitrogens with two attached hydrogens (primary N) is 2. The van der Waals surface area contributed by atoms with E-state index in [1.807, 2.05) is 13.8 Å². The quantitative estimate of drug-likeness (QED) is 0.703. The zero-order chi connectivity index (χ0) is 19.0. The lowest BCUT2D eigenvalue weighted by Crippen LogP contribution is -2.21. The predicted molar refractivity (Wildman–Crippen MR) is 102 cm³/mol. The van der Waals surface area contributed by atoms with Crippen molar-refractivity contribution in [3.05, 3.63) is 22.7 Å². The summed E-state index contributed by atoms with van der Waals surface area (Å²) in [6.45, 7) is 6.50. The second-order valence-electron chi connectivity index (χ2n) is 4.66. The fourth-order valence-electron chi connectivity index (χ4n) is 1.73. The number of amides is 1. The van der Waals surface area contributed by atoms with Gasteiger partial charge in [-0.05, 0) is 32.0 Å². The molecule has 0 atom stereocenters. The summed E-state index contributed by atoms with van der Waals surface area (Å²) < 4.78 is 9.15. The molecule has 2 rings (SSSR count). The molecular weight excluding hydrogens is 330 g/mol. The van der Waals surface area contributed by atoms with Gasteiger partial charge in [-0.3, -0.25) is 4.79 Å². The topological polar surface area (TPSA) is 99.6 Å². The molecule has 0 aromatic heterocycles. The van der Waals surface area contributed by atoms with Crippen LogP contribution in [0, 0.1) is 0 Å². The highest BCUT2D eigenvalue weighted by molar-refractivity contribution is 6.33. The van der Waals surface area contributed by atoms with Crippen molar-refractivity contribution in [3.63, 3.8) is 0 Å². The SMILES string of the molecule is C1CCNCC1.CC.COC.COc1cc(N)c(Cl)cc1C(N)=O. The average molecular weight is 362 g/mol. The highest BCUT2D eigenvalue weighted by atomic mass is 35.5. The van der Waals surface area contributed by atoms with Crippen LogP contribution in [0.3, 0.4) is 0 Å². The van der Waals surface area contributed by atoms with Gasteiger partial charge in [-0.2, -0.15) is 0 Å². The lowest BCUT2D eigenvalue weighted by molar-refractivity contribution is 0.0997. The van der Waals surface area contributed by atoms with Crippen LogP contribution >= 0.6 is 11.6 Å². The maximum absolute atomic E-state index is 10.9. The van der Waals surface area contributed by atoms with Gasteiger partial charge in [0.1, 0.15) is 5.75 Å². The molecule has 0 unspecified atom stereocenters. The Bertz CT molecular complexity index is 441. The molecule has 5 N–H and O–H groups in total. The summed E-state index contributed by atoms with van der Waals surface area (Å²) in [5, 5.41) is 3.57. The van der Waals surface area contributed by atoms with Crippen LogP contribution in [0.1, 0.15) is 43.5 Å². The largest absolute Gasteiger partial charge is 0.496 e. The normalized spacial score (nSPS) is 12.2. The van der Waals surface area contributed by atoms with Crippen molar-refractivity contribution in [1.82, 2.24) is 5.32 Å². The summed E-state index contributed by atoms with van der Waals surface area (Å²) in [5.41, 5.74) is 11.2. The summed E-state index contributed by atoms with van der Waals surface area (Å²) in [6.07, 6.45) is 4.22. The molecule has 1 heterocycles. The monoisotopic (exact) mass is 361 g/mol. The maximum atomic E-state index is 10.9. The zero-order valence-electron chi connectivity index (χ0n) is 15.4. The maximum Gasteiger partial charge on any atom is 0.252 e. The number of benzene rings is 1. The summed E-state index contributed by atoms with van der Waals surface area (Å²) in [5.74, 6) is -0.270. The second kappa shape index (κ2) is 16.4. The Hall–Kier alpha value is -1.50. The number of hydrogen-bond donors (Lipinski definition) is 3. The first-order chi connectivity index (χ1) is 11.5. The summed E-state index contributed by atoms with van der Waals surface area (Å²) in [4.78, 5) is 10.9. The Morgan fingerprint density at radius 2 is 1.62 bits per heavy atom. The molecule has 1 amide bonds. The Labute approximate surface area is 150 Å². The van der Waals surface area contributed by atoms with Gasteiger partial charge in [0.25, 0.3) is 5.91 Å². The predicted octanol–water partition coefficient (Wildman–Crippen LogP) is 3.08. The molecule has 7 heteroatoms. The molecule has 0 radical (unpaired) electrons. The van der Waals surface area contributed by atoms with E-state index in [2.05, 4.69) is 10.1 Å². The number of anilines is 1. The Balaban J connectivity index is 0. The van der Waals surface area contributed by atoms with Gasteiger partial charge in [0.2, 0.25) is 0 Å². The second-order valence-corrected chi connectivity index (χ2v) is 5.06. The average Bonchev–Trinajstić information content (AvgIpc) is 2.61. The van der Waals surface area contributed by atoms with E-state index in [9.17, 15) is 4.79 Å². The molecule has 0 aliphatic carbocycles. The Kier molecular flexibility index (Phi) is 16.9. The number of methoxy groups -OCH3 is 2. The fraction of sp³-hybridized carbons (Fsp3) is 0.588. The molecule has 0 spiro atoms. The van der Waals surface area contributed by atoms with E-state index < -0.39 is 5.91 Å². The first kappa shape index (κ1) is 24.7. The molecule has 0 saturated carbocycles. The van der Waals surface area contributed by atoms with Crippen molar-refractivity contribution in [2.45, 2.75) is 33.1 Å². The minimum absolute atomic E-state index is 0.224. The molecule has 6 nitrogen and oxygen atoms in total. The number of carbonyl (C=O) groups excluding carboxylic acids is 1. The molecule has 0 bridgehead atoms. The van der Waals surface area contributed by atoms with E-state index in [0.717, 1.165) is 0 Å². The standard InChI is InChI=1S/C8H9ClN2O2.C5H11N.C2H6O.C2H6/c1-13-7-3-6(10)5(9)2-4(7)8(11)12;1-2-4-6-5-3-1;1-3-2;1-2/h2-3H,10H2,1H3,(H2,11,12);6H,1-5H2;1-2H3;1-2H3. The lowest BCUT2D eigenvalue weighted by Gasteiger charge is -2.08. The van der Waals surface area contributed by atoms with E-state index in [0.29, 0.717) is 11.4 Å². The van der Waals surface area contributed by atoms with Crippen LogP contribution in [0.25, 0.3) is 0 Å². The van der Waals surface area contributed by atoms with Crippen molar-refractivity contribution in [3.8, 4) is 5.75 Å². The number of hydrogen-bond acceptors (Lipinski definition) is 5. The van der Waals surface area contributed by atoms with Crippen LogP contribution in [0.2, 0.25) is 5.02 Å². The van der Waals surface area contributed by atoms with Gasteiger partial charge < -0.3 is 26.3 Å². The number of carbonyl (C=O) groups is 1. The van der Waals surface area contributed by atoms with Crippen LogP contribution in [0.4, 0.5) is 5.69 Å². The molecule has 1 aliphatic heterocycles. The van der Waals surface area contributed by atoms with Crippen molar-refractivity contribution < 1.29 is 14.3 Å². The summed E-state index contributed by atoms with van der Waals surface area (Å²) >= 11 is 5.70. The van der Waals surface area contributed by atoms with Crippen LogP contribution in [0.5, 0.6) is 5.75 Å². The minimum atomic E-state index is -0.598. The van der Waals surface area contributed by atoms with Crippen molar-refractivity contribution >= 4 is 23.2 Å². The number of rotatable bonds is 2. The zero-order valence-corrected chi connectivity index (χ0v) is 16.2. The molecular formula is C17H32ClN3O3. The van der Waals surface area contributed by atoms with Crippen LogP contribution in [0.15, 0.2) is 12.1 Å². The van der Waals surface area contributed by atoms with Crippen molar-refractivity contribution in [1.29, 1.82) is 0 Å². The van der Waals surface area contributed by atoms with E-state index in [1.54, 1.807) is 14.2 Å². The number of primary amides is 1. The third kappa shape index (κ3) is 11.1. The number of nitrogens with one attached hydrogen (secondary N) is 1. The van der Waals surface area contributed by atoms with Gasteiger partial charge >= 0.3 is 0 Å². The van der Waals surface area contributed by atoms with Gasteiger partial charge in [-0.25, -0.2) is 0 Å². The van der Waals surface area contributed by atoms with E-state index in [1.165, 1.54) is 51.6 Å². The number of nitrogen functional groups attached to an aromatic ring is 1. The summed E-state index contributed by atoms with van der Waals surface area (Å²) in [7, 11) is 4.68. The smallest absolute Gasteiger partial charge is 0.252 e. The van der Waals surface area contributed by atoms with Crippen molar-refractivity contribution in [2.24, 2.45) is 5.73 Å². The Morgan fingerprint density at radius 3 is 1.92 bits per heavy atom. The first-order valence-corrected chi connectivity index (χ1v) is 8.39. The number of ether oxygens (including phenoxy) is 2. The van der Waals surface area contributed by atoms with Crippen LogP contribution in [-0.4, -0.2) is 40.3 Å². The van der Waals surface area contributed by atoms with Gasteiger partial charge in [0, 0.05) is 20.3 Å². The molecule has 1 fully saturated rings. The molecule has 140 valence electrons. The number of halogens is 1. The highest BCUT2D eigenvalue weighted by Gasteiger charge is 2.11. The third-order valence-electron chi connectivity index (χ3n) is 2.79. The molecule has 1 aliphatic rings. The molecule has 1 aromatic rings. The van der Waals surface area contributed by atoms with Gasteiger partial charge in [-0.15, -0.1) is 0 Å². The number of piperidine rings is 1. The third-order valence-corrected chi connectivity index (χ3v) is 3.12. The Morgan fingerprint density at radius 1 is 1.12 bits per heavy atom. The van der Waals surface area contributed by atoms with Gasteiger partial charge in [0.05, 0.1) is 23.4 Å². The van der Waals surface area contributed by atoms with E-state index >= 15 is 0 Å². The van der Waals surface area contributed by atoms with Gasteiger partial charge in [0.15, 0.2) is 0 Å². The minimum Gasteiger partial charge on any atom is -0.496 e. The van der Waals surface area contributed by atoms with Gasteiger partial charge in [-0.1, -0.05) is 31.9 Å². The fourth-order valence-corrected chi connectivity index (χ4v) is 1.90. The lowest BCUT2D eigenvalue weighted by atomic mass is 10.1.